The predicted octanol–water partition coefficient (Wildman–Crippen LogP) is 3.25. The first-order valence-corrected chi connectivity index (χ1v) is 6.19. The number of carboxylic acid groups (broad SMARTS) is 1. The minimum absolute atomic E-state index is 0.142. The fourth-order valence-electron chi connectivity index (χ4n) is 2.00. The number of carbonyl (C=O) groups is 2. The normalized spacial score (nSPS) is 10.1. The lowest BCUT2D eigenvalue weighted by atomic mass is 10.1. The van der Waals surface area contributed by atoms with Crippen LogP contribution in [0.4, 0.5) is 5.69 Å². The molecule has 1 amide bonds. The summed E-state index contributed by atoms with van der Waals surface area (Å²) in [7, 11) is 0. The van der Waals surface area contributed by atoms with Crippen molar-refractivity contribution in [2.45, 2.75) is 13.8 Å². The lowest BCUT2D eigenvalue weighted by Gasteiger charge is -2.09. The molecule has 0 radical (unpaired) electrons. The average molecular weight is 269 g/mol. The second kappa shape index (κ2) is 5.57. The highest BCUT2D eigenvalue weighted by atomic mass is 16.4. The Hall–Kier alpha value is -2.62. The lowest BCUT2D eigenvalue weighted by Crippen LogP contribution is -2.13. The maximum atomic E-state index is 12.2. The van der Waals surface area contributed by atoms with E-state index in [1.165, 1.54) is 12.1 Å². The van der Waals surface area contributed by atoms with Crippen molar-refractivity contribution in [3.63, 3.8) is 0 Å². The average Bonchev–Trinajstić information content (AvgIpc) is 2.38. The van der Waals surface area contributed by atoms with E-state index < -0.39 is 5.97 Å². The summed E-state index contributed by atoms with van der Waals surface area (Å²) in [6.45, 7) is 3.83. The summed E-state index contributed by atoms with van der Waals surface area (Å²) >= 11 is 0. The van der Waals surface area contributed by atoms with Gasteiger partial charge in [0.2, 0.25) is 0 Å². The van der Waals surface area contributed by atoms with Gasteiger partial charge >= 0.3 is 5.97 Å². The second-order valence-corrected chi connectivity index (χ2v) is 4.66. The van der Waals surface area contributed by atoms with E-state index in [0.717, 1.165) is 11.1 Å². The Balaban J connectivity index is 2.23. The van der Waals surface area contributed by atoms with Gasteiger partial charge < -0.3 is 10.4 Å². The summed E-state index contributed by atoms with van der Waals surface area (Å²) in [6, 6.07) is 11.7. The molecule has 102 valence electrons. The van der Waals surface area contributed by atoms with Gasteiger partial charge in [0.25, 0.3) is 5.91 Å². The molecule has 2 aromatic rings. The van der Waals surface area contributed by atoms with Crippen molar-refractivity contribution < 1.29 is 14.7 Å². The Bertz CT molecular complexity index is 677. The SMILES string of the molecule is Cc1ccc(C(=O)Nc2cccc(C(=O)O)c2)c(C)c1. The van der Waals surface area contributed by atoms with Crippen LogP contribution in [0.1, 0.15) is 31.8 Å². The summed E-state index contributed by atoms with van der Waals surface area (Å²) in [4.78, 5) is 23.1. The Morgan fingerprint density at radius 1 is 1.05 bits per heavy atom. The summed E-state index contributed by atoms with van der Waals surface area (Å²) in [5.74, 6) is -1.27. The maximum absolute atomic E-state index is 12.2. The number of aromatic carboxylic acids is 1. The van der Waals surface area contributed by atoms with E-state index in [4.69, 9.17) is 5.11 Å². The molecule has 2 N–H and O–H groups in total. The van der Waals surface area contributed by atoms with E-state index in [2.05, 4.69) is 5.32 Å². The number of nitrogens with one attached hydrogen (secondary N) is 1. The van der Waals surface area contributed by atoms with E-state index in [-0.39, 0.29) is 11.5 Å². The van der Waals surface area contributed by atoms with Gasteiger partial charge in [-0.25, -0.2) is 4.79 Å². The van der Waals surface area contributed by atoms with Crippen LogP contribution in [-0.4, -0.2) is 17.0 Å². The molecule has 20 heavy (non-hydrogen) atoms. The summed E-state index contributed by atoms with van der Waals surface area (Å²) in [5, 5.41) is 11.6. The Morgan fingerprint density at radius 3 is 2.45 bits per heavy atom. The second-order valence-electron chi connectivity index (χ2n) is 4.66. The van der Waals surface area contributed by atoms with Crippen molar-refractivity contribution in [1.82, 2.24) is 0 Å². The van der Waals surface area contributed by atoms with E-state index >= 15 is 0 Å². The molecule has 0 atom stereocenters. The molecular weight excluding hydrogens is 254 g/mol. The largest absolute Gasteiger partial charge is 0.478 e. The first-order chi connectivity index (χ1) is 9.47. The lowest BCUT2D eigenvalue weighted by molar-refractivity contribution is 0.0696. The zero-order chi connectivity index (χ0) is 14.7. The number of rotatable bonds is 3. The number of carbonyl (C=O) groups excluding carboxylic acids is 1. The van der Waals surface area contributed by atoms with Crippen LogP contribution in [0.5, 0.6) is 0 Å². The van der Waals surface area contributed by atoms with Crippen molar-refractivity contribution in [2.24, 2.45) is 0 Å². The highest BCUT2D eigenvalue weighted by Gasteiger charge is 2.10. The van der Waals surface area contributed by atoms with Crippen LogP contribution in [0.15, 0.2) is 42.5 Å². The number of hydrogen-bond donors (Lipinski definition) is 2. The molecule has 4 heteroatoms. The van der Waals surface area contributed by atoms with Crippen molar-refractivity contribution in [2.75, 3.05) is 5.32 Å². The van der Waals surface area contributed by atoms with Crippen LogP contribution in [0.2, 0.25) is 0 Å². The molecule has 0 spiro atoms. The van der Waals surface area contributed by atoms with Gasteiger partial charge in [-0.3, -0.25) is 4.79 Å². The summed E-state index contributed by atoms with van der Waals surface area (Å²) < 4.78 is 0. The molecule has 0 fully saturated rings. The smallest absolute Gasteiger partial charge is 0.335 e. The maximum Gasteiger partial charge on any atom is 0.335 e. The fraction of sp³-hybridized carbons (Fsp3) is 0.125. The van der Waals surface area contributed by atoms with Crippen LogP contribution in [0.25, 0.3) is 0 Å². The molecule has 0 saturated carbocycles. The molecule has 0 aliphatic rings. The van der Waals surface area contributed by atoms with E-state index in [1.54, 1.807) is 18.2 Å². The third-order valence-electron chi connectivity index (χ3n) is 2.99. The number of amides is 1. The Morgan fingerprint density at radius 2 is 1.80 bits per heavy atom. The van der Waals surface area contributed by atoms with Gasteiger partial charge in [-0.1, -0.05) is 23.8 Å². The van der Waals surface area contributed by atoms with Gasteiger partial charge in [0, 0.05) is 11.3 Å². The molecule has 0 unspecified atom stereocenters. The van der Waals surface area contributed by atoms with Crippen LogP contribution >= 0.6 is 0 Å². The van der Waals surface area contributed by atoms with Gasteiger partial charge in [-0.2, -0.15) is 0 Å². The first-order valence-electron chi connectivity index (χ1n) is 6.19. The van der Waals surface area contributed by atoms with Crippen molar-refractivity contribution in [3.8, 4) is 0 Å². The topological polar surface area (TPSA) is 66.4 Å². The van der Waals surface area contributed by atoms with Crippen molar-refractivity contribution >= 4 is 17.6 Å². The van der Waals surface area contributed by atoms with E-state index in [9.17, 15) is 9.59 Å². The zero-order valence-electron chi connectivity index (χ0n) is 11.3. The molecule has 0 aromatic heterocycles. The van der Waals surface area contributed by atoms with Gasteiger partial charge in [0.05, 0.1) is 5.56 Å². The van der Waals surface area contributed by atoms with Crippen LogP contribution in [0.3, 0.4) is 0 Å². The van der Waals surface area contributed by atoms with Crippen molar-refractivity contribution in [3.05, 3.63) is 64.7 Å². The quantitative estimate of drug-likeness (QED) is 0.898. The summed E-state index contributed by atoms with van der Waals surface area (Å²) in [5.41, 5.74) is 3.17. The third-order valence-corrected chi connectivity index (χ3v) is 2.99. The highest BCUT2D eigenvalue weighted by molar-refractivity contribution is 6.05. The molecule has 0 heterocycles. The fourth-order valence-corrected chi connectivity index (χ4v) is 2.00. The molecule has 0 bridgehead atoms. The molecule has 4 nitrogen and oxygen atoms in total. The first kappa shape index (κ1) is 13.8. The summed E-state index contributed by atoms with van der Waals surface area (Å²) in [6.07, 6.45) is 0. The van der Waals surface area contributed by atoms with Gasteiger partial charge in [0.1, 0.15) is 0 Å². The number of carboxylic acids is 1. The third kappa shape index (κ3) is 3.03. The number of benzene rings is 2. The molecule has 0 aliphatic carbocycles. The highest BCUT2D eigenvalue weighted by Crippen LogP contribution is 2.15. The molecule has 2 rings (SSSR count). The standard InChI is InChI=1S/C16H15NO3/c1-10-6-7-14(11(2)8-10)15(18)17-13-5-3-4-12(9-13)16(19)20/h3-9H,1-2H3,(H,17,18)(H,19,20). The van der Waals surface area contributed by atoms with Crippen LogP contribution in [0, 0.1) is 13.8 Å². The van der Waals surface area contributed by atoms with Crippen molar-refractivity contribution in [1.29, 1.82) is 0 Å². The van der Waals surface area contributed by atoms with Gasteiger partial charge in [-0.05, 0) is 43.7 Å². The Labute approximate surface area is 117 Å². The van der Waals surface area contributed by atoms with E-state index in [0.29, 0.717) is 11.3 Å². The zero-order valence-corrected chi connectivity index (χ0v) is 11.3. The molecule has 2 aromatic carbocycles. The minimum Gasteiger partial charge on any atom is -0.478 e. The number of aryl methyl sites for hydroxylation is 2. The predicted molar refractivity (Wildman–Crippen MR) is 77.3 cm³/mol. The van der Waals surface area contributed by atoms with E-state index in [1.807, 2.05) is 26.0 Å². The Kier molecular flexibility index (Phi) is 3.84. The monoisotopic (exact) mass is 269 g/mol. The van der Waals surface area contributed by atoms with Crippen LogP contribution in [-0.2, 0) is 0 Å². The van der Waals surface area contributed by atoms with Gasteiger partial charge in [-0.15, -0.1) is 0 Å². The van der Waals surface area contributed by atoms with Crippen LogP contribution < -0.4 is 5.32 Å². The number of hydrogen-bond acceptors (Lipinski definition) is 2. The number of anilines is 1. The molecule has 0 aliphatic heterocycles. The molecular formula is C16H15NO3. The van der Waals surface area contributed by atoms with Gasteiger partial charge in [0.15, 0.2) is 0 Å². The molecule has 0 saturated heterocycles. The minimum atomic E-state index is -1.02.